The van der Waals surface area contributed by atoms with E-state index >= 15 is 0 Å². The molecular weight excluding hydrogens is 270 g/mol. The lowest BCUT2D eigenvalue weighted by Gasteiger charge is -2.03. The van der Waals surface area contributed by atoms with Gasteiger partial charge in [0.1, 0.15) is 5.52 Å². The smallest absolute Gasteiger partial charge is 0.357 e. The van der Waals surface area contributed by atoms with E-state index in [2.05, 4.69) is 15.2 Å². The van der Waals surface area contributed by atoms with Crippen LogP contribution < -0.4 is 0 Å². The highest BCUT2D eigenvalue weighted by Crippen LogP contribution is 2.26. The summed E-state index contributed by atoms with van der Waals surface area (Å²) in [7, 11) is 1.82. The van der Waals surface area contributed by atoms with Gasteiger partial charge in [0.15, 0.2) is 5.69 Å². The first kappa shape index (κ1) is 13.3. The van der Waals surface area contributed by atoms with E-state index in [4.69, 9.17) is 0 Å². The first-order chi connectivity index (χ1) is 9.97. The fourth-order valence-electron chi connectivity index (χ4n) is 2.20. The van der Waals surface area contributed by atoms with Crippen molar-refractivity contribution in [2.24, 2.45) is 7.05 Å². The molecule has 0 amide bonds. The van der Waals surface area contributed by atoms with Gasteiger partial charge in [-0.3, -0.25) is 14.3 Å². The Morgan fingerprint density at radius 2 is 2.10 bits per heavy atom. The first-order valence-corrected chi connectivity index (χ1v) is 6.58. The lowest BCUT2D eigenvalue weighted by atomic mass is 10.1. The van der Waals surface area contributed by atoms with Crippen molar-refractivity contribution in [2.45, 2.75) is 19.9 Å². The van der Waals surface area contributed by atoms with Gasteiger partial charge in [0.2, 0.25) is 0 Å². The molecule has 1 N–H and O–H groups in total. The third-order valence-corrected chi connectivity index (χ3v) is 3.37. The van der Waals surface area contributed by atoms with Crippen molar-refractivity contribution >= 4 is 17.0 Å². The van der Waals surface area contributed by atoms with Crippen molar-refractivity contribution in [3.05, 3.63) is 30.4 Å². The fourth-order valence-corrected chi connectivity index (χ4v) is 2.20. The molecule has 0 spiro atoms. The van der Waals surface area contributed by atoms with Gasteiger partial charge in [0, 0.05) is 36.6 Å². The number of hydrogen-bond donors (Lipinski definition) is 1. The van der Waals surface area contributed by atoms with E-state index in [9.17, 15) is 9.90 Å². The summed E-state index contributed by atoms with van der Waals surface area (Å²) in [5, 5.41) is 17.6. The highest BCUT2D eigenvalue weighted by molar-refractivity contribution is 5.94. The Morgan fingerprint density at radius 1 is 1.33 bits per heavy atom. The number of carboxylic acids is 1. The minimum Gasteiger partial charge on any atom is -0.476 e. The maximum atomic E-state index is 11.4. The summed E-state index contributed by atoms with van der Waals surface area (Å²) in [5.41, 5.74) is 2.93. The number of aromatic nitrogens is 5. The maximum absolute atomic E-state index is 11.4. The molecule has 0 aliphatic carbocycles. The number of hydrogen-bond acceptors (Lipinski definition) is 4. The van der Waals surface area contributed by atoms with Crippen molar-refractivity contribution in [3.63, 3.8) is 0 Å². The van der Waals surface area contributed by atoms with Gasteiger partial charge < -0.3 is 5.11 Å². The summed E-state index contributed by atoms with van der Waals surface area (Å²) >= 11 is 0. The van der Waals surface area contributed by atoms with Crippen LogP contribution in [0.3, 0.4) is 0 Å². The maximum Gasteiger partial charge on any atom is 0.357 e. The second-order valence-electron chi connectivity index (χ2n) is 5.17. The normalized spacial score (nSPS) is 11.4. The lowest BCUT2D eigenvalue weighted by Crippen LogP contribution is -2.04. The molecule has 3 aromatic heterocycles. The standard InChI is InChI=1S/C14H15N5O2/c1-8(2)19-7-10(13(17-19)14(20)21)9-4-12-11(15-5-9)6-16-18(12)3/h4-8H,1-3H3,(H,20,21). The van der Waals surface area contributed by atoms with Crippen LogP contribution in [0, 0.1) is 0 Å². The quantitative estimate of drug-likeness (QED) is 0.796. The lowest BCUT2D eigenvalue weighted by molar-refractivity contribution is 0.0690. The molecule has 0 radical (unpaired) electrons. The molecule has 0 saturated heterocycles. The molecule has 0 saturated carbocycles. The molecule has 0 bridgehead atoms. The Hall–Kier alpha value is -2.70. The van der Waals surface area contributed by atoms with E-state index in [1.54, 1.807) is 28.0 Å². The van der Waals surface area contributed by atoms with E-state index in [-0.39, 0.29) is 11.7 Å². The van der Waals surface area contributed by atoms with Gasteiger partial charge in [0.05, 0.1) is 11.7 Å². The molecule has 7 heteroatoms. The zero-order valence-corrected chi connectivity index (χ0v) is 12.0. The van der Waals surface area contributed by atoms with Crippen molar-refractivity contribution in [3.8, 4) is 11.1 Å². The van der Waals surface area contributed by atoms with E-state index in [1.165, 1.54) is 0 Å². The number of fused-ring (bicyclic) bond motifs is 1. The van der Waals surface area contributed by atoms with E-state index in [0.717, 1.165) is 16.6 Å². The van der Waals surface area contributed by atoms with Gasteiger partial charge in [-0.05, 0) is 19.9 Å². The Morgan fingerprint density at radius 3 is 2.76 bits per heavy atom. The molecule has 21 heavy (non-hydrogen) atoms. The molecule has 3 rings (SSSR count). The second kappa shape index (κ2) is 4.69. The number of carbonyl (C=O) groups is 1. The topological polar surface area (TPSA) is 85.8 Å². The third kappa shape index (κ3) is 2.16. The average molecular weight is 285 g/mol. The molecule has 0 atom stereocenters. The van der Waals surface area contributed by atoms with Crippen LogP contribution in [-0.4, -0.2) is 35.6 Å². The number of nitrogens with zero attached hydrogens (tertiary/aromatic N) is 5. The minimum absolute atomic E-state index is 0.0343. The van der Waals surface area contributed by atoms with Crippen LogP contribution in [0.2, 0.25) is 0 Å². The Kier molecular flexibility index (Phi) is 2.97. The van der Waals surface area contributed by atoms with E-state index < -0.39 is 5.97 Å². The third-order valence-electron chi connectivity index (χ3n) is 3.37. The van der Waals surface area contributed by atoms with Crippen LogP contribution in [0.4, 0.5) is 0 Å². The molecule has 0 aromatic carbocycles. The largest absolute Gasteiger partial charge is 0.476 e. The molecule has 108 valence electrons. The molecule has 0 unspecified atom stereocenters. The minimum atomic E-state index is -1.05. The van der Waals surface area contributed by atoms with Gasteiger partial charge >= 0.3 is 5.97 Å². The first-order valence-electron chi connectivity index (χ1n) is 6.58. The molecule has 7 nitrogen and oxygen atoms in total. The number of aryl methyl sites for hydroxylation is 1. The Labute approximate surface area is 120 Å². The van der Waals surface area contributed by atoms with E-state index in [1.807, 2.05) is 27.0 Å². The van der Waals surface area contributed by atoms with Gasteiger partial charge in [0.25, 0.3) is 0 Å². The summed E-state index contributed by atoms with van der Waals surface area (Å²) in [6.07, 6.45) is 5.07. The van der Waals surface area contributed by atoms with Crippen LogP contribution in [0.15, 0.2) is 24.7 Å². The summed E-state index contributed by atoms with van der Waals surface area (Å²) in [6, 6.07) is 1.97. The van der Waals surface area contributed by atoms with Crippen LogP contribution in [0.25, 0.3) is 22.2 Å². The molecule has 0 aliphatic rings. The predicted molar refractivity (Wildman–Crippen MR) is 77.1 cm³/mol. The zero-order chi connectivity index (χ0) is 15.1. The molecule has 3 heterocycles. The van der Waals surface area contributed by atoms with Gasteiger partial charge in [-0.15, -0.1) is 0 Å². The number of aromatic carboxylic acids is 1. The molecular formula is C14H15N5O2. The van der Waals surface area contributed by atoms with Crippen LogP contribution in [-0.2, 0) is 7.05 Å². The highest BCUT2D eigenvalue weighted by Gasteiger charge is 2.19. The van der Waals surface area contributed by atoms with Crippen LogP contribution in [0.5, 0.6) is 0 Å². The number of rotatable bonds is 3. The van der Waals surface area contributed by atoms with E-state index in [0.29, 0.717) is 5.56 Å². The summed E-state index contributed by atoms with van der Waals surface area (Å²) in [5.74, 6) is -1.05. The van der Waals surface area contributed by atoms with Gasteiger partial charge in [-0.2, -0.15) is 10.2 Å². The zero-order valence-electron chi connectivity index (χ0n) is 12.0. The number of carboxylic acid groups (broad SMARTS) is 1. The Bertz CT molecular complexity index is 831. The van der Waals surface area contributed by atoms with Gasteiger partial charge in [-0.25, -0.2) is 4.79 Å². The average Bonchev–Trinajstić information content (AvgIpc) is 3.03. The van der Waals surface area contributed by atoms with Crippen molar-refractivity contribution in [1.82, 2.24) is 24.5 Å². The molecule has 0 fully saturated rings. The summed E-state index contributed by atoms with van der Waals surface area (Å²) < 4.78 is 3.35. The second-order valence-corrected chi connectivity index (χ2v) is 5.17. The number of pyridine rings is 1. The van der Waals surface area contributed by atoms with Crippen LogP contribution in [0.1, 0.15) is 30.4 Å². The monoisotopic (exact) mass is 285 g/mol. The fraction of sp³-hybridized carbons (Fsp3) is 0.286. The Balaban J connectivity index is 2.21. The molecule has 3 aromatic rings. The van der Waals surface area contributed by atoms with Gasteiger partial charge in [-0.1, -0.05) is 0 Å². The SMILES string of the molecule is CC(C)n1cc(-c2cnc3cnn(C)c3c2)c(C(=O)O)n1. The molecule has 0 aliphatic heterocycles. The van der Waals surface area contributed by atoms with Crippen molar-refractivity contribution < 1.29 is 9.90 Å². The van der Waals surface area contributed by atoms with Crippen molar-refractivity contribution in [2.75, 3.05) is 0 Å². The summed E-state index contributed by atoms with van der Waals surface area (Å²) in [4.78, 5) is 15.7. The highest BCUT2D eigenvalue weighted by atomic mass is 16.4. The van der Waals surface area contributed by atoms with Crippen LogP contribution >= 0.6 is 0 Å². The predicted octanol–water partition coefficient (Wildman–Crippen LogP) is 2.11. The summed E-state index contributed by atoms with van der Waals surface area (Å²) in [6.45, 7) is 3.90. The van der Waals surface area contributed by atoms with Crippen molar-refractivity contribution in [1.29, 1.82) is 0 Å².